The highest BCUT2D eigenvalue weighted by molar-refractivity contribution is 5.97. The number of hydrogen-bond acceptors (Lipinski definition) is 3. The van der Waals surface area contributed by atoms with E-state index in [-0.39, 0.29) is 0 Å². The number of anilines is 1. The molecule has 198 valence electrons. The second kappa shape index (κ2) is 10.7. The maximum atomic E-state index is 12.8. The number of benzene rings is 4. The van der Waals surface area contributed by atoms with Gasteiger partial charge < -0.3 is 10.0 Å². The molecule has 0 spiro atoms. The Balaban J connectivity index is 1.06. The van der Waals surface area contributed by atoms with Gasteiger partial charge in [0.15, 0.2) is 0 Å². The maximum absolute atomic E-state index is 12.8. The van der Waals surface area contributed by atoms with Gasteiger partial charge in [-0.15, -0.1) is 0 Å². The Bertz CT molecular complexity index is 1440. The molecule has 1 aliphatic heterocycles. The van der Waals surface area contributed by atoms with Gasteiger partial charge in [-0.05, 0) is 71.8 Å². The Morgan fingerprint density at radius 1 is 0.744 bits per heavy atom. The molecule has 39 heavy (non-hydrogen) atoms. The number of rotatable bonds is 8. The van der Waals surface area contributed by atoms with E-state index < -0.39 is 11.4 Å². The molecular formula is C35H36N2O2. The number of nitrogens with zero attached hydrogens (tertiary/aromatic N) is 2. The third-order valence-electron chi connectivity index (χ3n) is 8.64. The van der Waals surface area contributed by atoms with E-state index in [1.165, 1.54) is 22.4 Å². The normalized spacial score (nSPS) is 16.1. The van der Waals surface area contributed by atoms with Gasteiger partial charge in [0.2, 0.25) is 0 Å². The molecule has 2 aliphatic rings. The zero-order chi connectivity index (χ0) is 26.8. The average Bonchev–Trinajstić information content (AvgIpc) is 3.27. The summed E-state index contributed by atoms with van der Waals surface area (Å²) in [6.07, 6.45) is 2.51. The van der Waals surface area contributed by atoms with E-state index in [9.17, 15) is 9.90 Å². The fourth-order valence-corrected chi connectivity index (χ4v) is 6.59. The number of aliphatic carboxylic acids is 1. The number of unbranched alkanes of at least 4 members (excludes halogenated alkanes) is 1. The Morgan fingerprint density at radius 2 is 1.36 bits per heavy atom. The van der Waals surface area contributed by atoms with Gasteiger partial charge in [0.05, 0.1) is 0 Å². The average molecular weight is 517 g/mol. The first-order chi connectivity index (χ1) is 19.1. The van der Waals surface area contributed by atoms with E-state index in [4.69, 9.17) is 0 Å². The van der Waals surface area contributed by atoms with Gasteiger partial charge in [-0.25, -0.2) is 0 Å². The number of aryl methyl sites for hydroxylation is 1. The molecule has 0 unspecified atom stereocenters. The molecule has 6 rings (SSSR count). The van der Waals surface area contributed by atoms with E-state index in [1.807, 2.05) is 36.4 Å². The SMILES string of the molecule is Cc1cccc(-c2cccc(N3CCN(CCCCC4(C(=O)O)c5ccccc5-c5ccccc54)CC3)c2)c1. The Morgan fingerprint density at radius 3 is 2.00 bits per heavy atom. The largest absolute Gasteiger partial charge is 0.480 e. The summed E-state index contributed by atoms with van der Waals surface area (Å²) >= 11 is 0. The number of fused-ring (bicyclic) bond motifs is 3. The fraction of sp³-hybridized carbons (Fsp3) is 0.286. The van der Waals surface area contributed by atoms with E-state index in [1.54, 1.807) is 0 Å². The first-order valence-corrected chi connectivity index (χ1v) is 14.1. The van der Waals surface area contributed by atoms with Gasteiger partial charge in [-0.2, -0.15) is 0 Å². The van der Waals surface area contributed by atoms with Crippen molar-refractivity contribution >= 4 is 11.7 Å². The summed E-state index contributed by atoms with van der Waals surface area (Å²) in [4.78, 5) is 17.9. The van der Waals surface area contributed by atoms with Gasteiger partial charge >= 0.3 is 5.97 Å². The minimum atomic E-state index is -0.950. The molecule has 1 N–H and O–H groups in total. The summed E-state index contributed by atoms with van der Waals surface area (Å²) in [7, 11) is 0. The molecule has 0 radical (unpaired) electrons. The maximum Gasteiger partial charge on any atom is 0.318 e. The van der Waals surface area contributed by atoms with Crippen molar-refractivity contribution in [2.75, 3.05) is 37.6 Å². The molecule has 4 aromatic carbocycles. The smallest absolute Gasteiger partial charge is 0.318 e. The zero-order valence-electron chi connectivity index (χ0n) is 22.6. The van der Waals surface area contributed by atoms with Crippen molar-refractivity contribution in [2.45, 2.75) is 31.6 Å². The van der Waals surface area contributed by atoms with Crippen LogP contribution in [-0.4, -0.2) is 48.7 Å². The minimum Gasteiger partial charge on any atom is -0.480 e. The summed E-state index contributed by atoms with van der Waals surface area (Å²) in [5.74, 6) is -0.735. The van der Waals surface area contributed by atoms with Gasteiger partial charge in [0.25, 0.3) is 0 Å². The molecule has 1 aliphatic carbocycles. The van der Waals surface area contributed by atoms with Crippen molar-refractivity contribution in [1.82, 2.24) is 4.90 Å². The van der Waals surface area contributed by atoms with Crippen LogP contribution in [0.25, 0.3) is 22.3 Å². The standard InChI is InChI=1S/C35H36N2O2/c1-26-10-8-11-27(24-26)28-12-9-13-29(25-28)37-22-20-36(21-23-37)19-7-6-18-35(34(38)39)32-16-4-2-14-30(32)31-15-3-5-17-33(31)35/h2-5,8-17,24-25H,6-7,18-23H2,1H3,(H,38,39). The highest BCUT2D eigenvalue weighted by Gasteiger charge is 2.48. The summed E-state index contributed by atoms with van der Waals surface area (Å²) < 4.78 is 0. The molecule has 1 saturated heterocycles. The second-order valence-corrected chi connectivity index (χ2v) is 11.0. The Hall–Kier alpha value is -3.89. The van der Waals surface area contributed by atoms with E-state index >= 15 is 0 Å². The molecular weight excluding hydrogens is 480 g/mol. The first kappa shape index (κ1) is 25.4. The number of carbonyl (C=O) groups is 1. The predicted molar refractivity (Wildman–Crippen MR) is 159 cm³/mol. The predicted octanol–water partition coefficient (Wildman–Crippen LogP) is 7.01. The van der Waals surface area contributed by atoms with Crippen LogP contribution in [0.5, 0.6) is 0 Å². The Kier molecular flexibility index (Phi) is 6.97. The van der Waals surface area contributed by atoms with Crippen molar-refractivity contribution in [2.24, 2.45) is 0 Å². The summed E-state index contributed by atoms with van der Waals surface area (Å²) in [6.45, 7) is 7.23. The van der Waals surface area contributed by atoms with E-state index in [2.05, 4.69) is 77.4 Å². The molecule has 4 aromatic rings. The van der Waals surface area contributed by atoms with Gasteiger partial charge in [0, 0.05) is 31.9 Å². The van der Waals surface area contributed by atoms with Gasteiger partial charge in [-0.1, -0.05) is 96.9 Å². The molecule has 1 fully saturated rings. The van der Waals surface area contributed by atoms with Crippen LogP contribution >= 0.6 is 0 Å². The van der Waals surface area contributed by atoms with Gasteiger partial charge in [-0.3, -0.25) is 9.69 Å². The molecule has 0 amide bonds. The van der Waals surface area contributed by atoms with Crippen molar-refractivity contribution < 1.29 is 9.90 Å². The monoisotopic (exact) mass is 516 g/mol. The number of carboxylic acid groups (broad SMARTS) is 1. The number of piperazine rings is 1. The van der Waals surface area contributed by atoms with E-state index in [0.717, 1.165) is 67.8 Å². The topological polar surface area (TPSA) is 43.8 Å². The van der Waals surface area contributed by atoms with Crippen LogP contribution in [0.1, 0.15) is 36.0 Å². The third kappa shape index (κ3) is 4.74. The highest BCUT2D eigenvalue weighted by atomic mass is 16.4. The molecule has 0 aromatic heterocycles. The van der Waals surface area contributed by atoms with Crippen LogP contribution in [-0.2, 0) is 10.2 Å². The second-order valence-electron chi connectivity index (χ2n) is 11.0. The molecule has 0 bridgehead atoms. The summed E-state index contributed by atoms with van der Waals surface area (Å²) in [5.41, 5.74) is 8.17. The van der Waals surface area contributed by atoms with Crippen LogP contribution in [0.4, 0.5) is 5.69 Å². The summed E-state index contributed by atoms with van der Waals surface area (Å²) in [6, 6.07) is 33.7. The summed E-state index contributed by atoms with van der Waals surface area (Å²) in [5, 5.41) is 10.5. The number of carboxylic acids is 1. The van der Waals surface area contributed by atoms with Gasteiger partial charge in [0.1, 0.15) is 5.41 Å². The lowest BCUT2D eigenvalue weighted by Gasteiger charge is -2.36. The quantitative estimate of drug-likeness (QED) is 0.256. The lowest BCUT2D eigenvalue weighted by molar-refractivity contribution is -0.142. The Labute approximate surface area is 231 Å². The van der Waals surface area contributed by atoms with Crippen molar-refractivity contribution in [1.29, 1.82) is 0 Å². The third-order valence-corrected chi connectivity index (χ3v) is 8.64. The zero-order valence-corrected chi connectivity index (χ0v) is 22.6. The molecule has 1 heterocycles. The lowest BCUT2D eigenvalue weighted by Crippen LogP contribution is -2.46. The van der Waals surface area contributed by atoms with Crippen LogP contribution in [0.3, 0.4) is 0 Å². The molecule has 4 heteroatoms. The van der Waals surface area contributed by atoms with E-state index in [0.29, 0.717) is 6.42 Å². The van der Waals surface area contributed by atoms with Crippen molar-refractivity contribution in [3.8, 4) is 22.3 Å². The fourth-order valence-electron chi connectivity index (χ4n) is 6.59. The minimum absolute atomic E-state index is 0.627. The van der Waals surface area contributed by atoms with Crippen LogP contribution in [0.15, 0.2) is 97.1 Å². The van der Waals surface area contributed by atoms with Crippen molar-refractivity contribution in [3.05, 3.63) is 114 Å². The highest BCUT2D eigenvalue weighted by Crippen LogP contribution is 2.51. The first-order valence-electron chi connectivity index (χ1n) is 14.1. The number of hydrogen-bond donors (Lipinski definition) is 1. The lowest BCUT2D eigenvalue weighted by atomic mass is 9.74. The van der Waals surface area contributed by atoms with Crippen LogP contribution in [0, 0.1) is 6.92 Å². The molecule has 0 atom stereocenters. The molecule has 0 saturated carbocycles. The van der Waals surface area contributed by atoms with Crippen molar-refractivity contribution in [3.63, 3.8) is 0 Å². The van der Waals surface area contributed by atoms with Crippen LogP contribution < -0.4 is 4.90 Å². The van der Waals surface area contributed by atoms with Crippen LogP contribution in [0.2, 0.25) is 0 Å². The molecule has 4 nitrogen and oxygen atoms in total.